The number of thiophene rings is 1. The summed E-state index contributed by atoms with van der Waals surface area (Å²) in [5, 5.41) is 5.89. The molecule has 2 nitrogen and oxygen atoms in total. The molecule has 2 bridgehead atoms. The molecule has 0 spiro atoms. The van der Waals surface area contributed by atoms with E-state index in [9.17, 15) is 0 Å². The number of benzene rings is 1. The van der Waals surface area contributed by atoms with Gasteiger partial charge in [0, 0.05) is 39.6 Å². The van der Waals surface area contributed by atoms with Crippen LogP contribution in [0.4, 0.5) is 0 Å². The van der Waals surface area contributed by atoms with Crippen LogP contribution in [0.15, 0.2) is 24.3 Å². The van der Waals surface area contributed by atoms with Gasteiger partial charge in [-0.15, -0.1) is 23.7 Å². The highest BCUT2D eigenvalue weighted by molar-refractivity contribution is 7.19. The third-order valence-electron chi connectivity index (χ3n) is 5.07. The minimum atomic E-state index is 0. The summed E-state index contributed by atoms with van der Waals surface area (Å²) in [5.41, 5.74) is 0. The molecule has 1 N–H and O–H groups in total. The van der Waals surface area contributed by atoms with E-state index >= 15 is 0 Å². The maximum atomic E-state index is 6.58. The topological polar surface area (TPSA) is 15.3 Å². The number of nitrogens with zero attached hydrogens (tertiary/aromatic N) is 1. The van der Waals surface area contributed by atoms with E-state index in [1.165, 1.54) is 40.6 Å². The standard InChI is InChI=1S/C17H21ClN2S.ClH/c1-20(13-8-11-6-7-12(9-13)19-11)10-16-17(18)14-4-2-3-5-15(14)21-16;/h2-5,11-13,19H,6-10H2,1H3;1H. The first kappa shape index (κ1) is 16.5. The third-order valence-corrected chi connectivity index (χ3v) is 6.77. The summed E-state index contributed by atoms with van der Waals surface area (Å²) in [6.07, 6.45) is 5.29. The van der Waals surface area contributed by atoms with Crippen LogP contribution in [0, 0.1) is 0 Å². The maximum Gasteiger partial charge on any atom is 0.0637 e. The SMILES string of the molecule is CN(Cc1sc2ccccc2c1Cl)C1CC2CCC(C1)N2.Cl. The molecular weight excluding hydrogens is 335 g/mol. The molecule has 2 aliphatic rings. The number of piperidine rings is 1. The van der Waals surface area contributed by atoms with Crippen molar-refractivity contribution in [3.05, 3.63) is 34.2 Å². The Bertz CT molecular complexity index is 645. The molecule has 2 unspecified atom stereocenters. The summed E-state index contributed by atoms with van der Waals surface area (Å²) in [7, 11) is 2.26. The molecule has 5 heteroatoms. The van der Waals surface area contributed by atoms with Gasteiger partial charge < -0.3 is 5.32 Å². The van der Waals surface area contributed by atoms with E-state index in [0.717, 1.165) is 23.7 Å². The number of hydrogen-bond donors (Lipinski definition) is 1. The zero-order chi connectivity index (χ0) is 14.4. The highest BCUT2D eigenvalue weighted by atomic mass is 35.5. The zero-order valence-electron chi connectivity index (χ0n) is 12.7. The predicted octanol–water partition coefficient (Wildman–Crippen LogP) is 4.69. The van der Waals surface area contributed by atoms with Crippen molar-refractivity contribution in [1.29, 1.82) is 0 Å². The van der Waals surface area contributed by atoms with E-state index in [1.54, 1.807) is 0 Å². The summed E-state index contributed by atoms with van der Waals surface area (Å²) >= 11 is 8.43. The average Bonchev–Trinajstić information content (AvgIpc) is 2.99. The summed E-state index contributed by atoms with van der Waals surface area (Å²) in [5.74, 6) is 0. The molecule has 2 aliphatic heterocycles. The molecule has 4 rings (SSSR count). The van der Waals surface area contributed by atoms with Crippen LogP contribution in [-0.2, 0) is 6.54 Å². The molecule has 1 aromatic heterocycles. The molecule has 22 heavy (non-hydrogen) atoms. The molecule has 0 amide bonds. The summed E-state index contributed by atoms with van der Waals surface area (Å²) < 4.78 is 1.30. The van der Waals surface area contributed by atoms with Crippen LogP contribution in [0.1, 0.15) is 30.6 Å². The second-order valence-corrected chi connectivity index (χ2v) is 8.03. The van der Waals surface area contributed by atoms with Gasteiger partial charge in [-0.05, 0) is 38.8 Å². The predicted molar refractivity (Wildman–Crippen MR) is 98.5 cm³/mol. The van der Waals surface area contributed by atoms with Crippen molar-refractivity contribution < 1.29 is 0 Å². The van der Waals surface area contributed by atoms with Crippen molar-refractivity contribution in [1.82, 2.24) is 10.2 Å². The average molecular weight is 357 g/mol. The van der Waals surface area contributed by atoms with Gasteiger partial charge in [-0.2, -0.15) is 0 Å². The molecule has 0 radical (unpaired) electrons. The molecular formula is C17H22Cl2N2S. The molecule has 2 saturated heterocycles. The molecule has 3 heterocycles. The fourth-order valence-corrected chi connectivity index (χ4v) is 5.47. The van der Waals surface area contributed by atoms with Crippen molar-refractivity contribution in [3.8, 4) is 0 Å². The largest absolute Gasteiger partial charge is 0.311 e. The Kier molecular flexibility index (Phi) is 5.01. The van der Waals surface area contributed by atoms with E-state index < -0.39 is 0 Å². The zero-order valence-corrected chi connectivity index (χ0v) is 15.1. The molecule has 2 atom stereocenters. The van der Waals surface area contributed by atoms with Crippen LogP contribution in [-0.4, -0.2) is 30.1 Å². The summed E-state index contributed by atoms with van der Waals surface area (Å²) in [4.78, 5) is 3.83. The minimum Gasteiger partial charge on any atom is -0.311 e. The molecule has 2 aromatic rings. The van der Waals surface area contributed by atoms with Crippen molar-refractivity contribution in [2.75, 3.05) is 7.05 Å². The fourth-order valence-electron chi connectivity index (χ4n) is 3.91. The second-order valence-electron chi connectivity index (χ2n) is 6.51. The number of hydrogen-bond acceptors (Lipinski definition) is 3. The first-order valence-corrected chi connectivity index (χ1v) is 9.02. The Balaban J connectivity index is 0.00000144. The lowest BCUT2D eigenvalue weighted by Crippen LogP contribution is -2.46. The number of nitrogens with one attached hydrogen (secondary N) is 1. The monoisotopic (exact) mass is 356 g/mol. The van der Waals surface area contributed by atoms with E-state index in [0.29, 0.717) is 6.04 Å². The van der Waals surface area contributed by atoms with Gasteiger partial charge in [-0.1, -0.05) is 29.8 Å². The van der Waals surface area contributed by atoms with Gasteiger partial charge >= 0.3 is 0 Å². The van der Waals surface area contributed by atoms with Gasteiger partial charge in [0.05, 0.1) is 5.02 Å². The first-order valence-electron chi connectivity index (χ1n) is 7.83. The van der Waals surface area contributed by atoms with Gasteiger partial charge in [-0.3, -0.25) is 4.90 Å². The van der Waals surface area contributed by atoms with E-state index in [2.05, 4.69) is 41.5 Å². The molecule has 120 valence electrons. The number of rotatable bonds is 3. The van der Waals surface area contributed by atoms with Crippen LogP contribution < -0.4 is 5.32 Å². The van der Waals surface area contributed by atoms with Crippen molar-refractivity contribution in [2.45, 2.75) is 50.4 Å². The normalized spacial score (nSPS) is 27.3. The van der Waals surface area contributed by atoms with Crippen LogP contribution in [0.25, 0.3) is 10.1 Å². The Hall–Kier alpha value is -0.320. The number of fused-ring (bicyclic) bond motifs is 3. The quantitative estimate of drug-likeness (QED) is 0.857. The van der Waals surface area contributed by atoms with E-state index in [1.807, 2.05) is 11.3 Å². The third kappa shape index (κ3) is 3.02. The lowest BCUT2D eigenvalue weighted by molar-refractivity contribution is 0.167. The van der Waals surface area contributed by atoms with Gasteiger partial charge in [0.15, 0.2) is 0 Å². The smallest absolute Gasteiger partial charge is 0.0637 e. The van der Waals surface area contributed by atoms with Crippen LogP contribution in [0.5, 0.6) is 0 Å². The lowest BCUT2D eigenvalue weighted by Gasteiger charge is -2.35. The van der Waals surface area contributed by atoms with E-state index in [-0.39, 0.29) is 12.4 Å². The van der Waals surface area contributed by atoms with Crippen molar-refractivity contribution >= 4 is 45.4 Å². The van der Waals surface area contributed by atoms with Gasteiger partial charge in [-0.25, -0.2) is 0 Å². The lowest BCUT2D eigenvalue weighted by atomic mass is 9.98. The fraction of sp³-hybridized carbons (Fsp3) is 0.529. The number of halogens is 2. The van der Waals surface area contributed by atoms with Crippen LogP contribution >= 0.6 is 35.3 Å². The Morgan fingerprint density at radius 1 is 1.23 bits per heavy atom. The minimum absolute atomic E-state index is 0. The van der Waals surface area contributed by atoms with Crippen molar-refractivity contribution in [2.24, 2.45) is 0 Å². The Morgan fingerprint density at radius 3 is 2.59 bits per heavy atom. The van der Waals surface area contributed by atoms with Gasteiger partial charge in [0.25, 0.3) is 0 Å². The second kappa shape index (κ2) is 6.66. The van der Waals surface area contributed by atoms with Crippen LogP contribution in [0.3, 0.4) is 0 Å². The molecule has 1 aromatic carbocycles. The summed E-state index contributed by atoms with van der Waals surface area (Å²) in [6.45, 7) is 0.974. The Labute approximate surface area is 147 Å². The van der Waals surface area contributed by atoms with Gasteiger partial charge in [0.1, 0.15) is 0 Å². The molecule has 2 fully saturated rings. The first-order chi connectivity index (χ1) is 10.2. The maximum absolute atomic E-state index is 6.58. The molecule has 0 saturated carbocycles. The Morgan fingerprint density at radius 2 is 1.91 bits per heavy atom. The highest BCUT2D eigenvalue weighted by Crippen LogP contribution is 2.37. The molecule has 0 aliphatic carbocycles. The summed E-state index contributed by atoms with van der Waals surface area (Å²) in [6, 6.07) is 10.6. The van der Waals surface area contributed by atoms with Crippen molar-refractivity contribution in [3.63, 3.8) is 0 Å². The highest BCUT2D eigenvalue weighted by Gasteiger charge is 2.35. The van der Waals surface area contributed by atoms with Gasteiger partial charge in [0.2, 0.25) is 0 Å². The van der Waals surface area contributed by atoms with Crippen LogP contribution in [0.2, 0.25) is 5.02 Å². The van der Waals surface area contributed by atoms with E-state index in [4.69, 9.17) is 11.6 Å².